The lowest BCUT2D eigenvalue weighted by Gasteiger charge is -2.25. The van der Waals surface area contributed by atoms with Crippen molar-refractivity contribution in [2.75, 3.05) is 18.4 Å². The third-order valence-corrected chi connectivity index (χ3v) is 7.45. The van der Waals surface area contributed by atoms with Crippen molar-refractivity contribution >= 4 is 42.6 Å². The van der Waals surface area contributed by atoms with Gasteiger partial charge in [-0.05, 0) is 49.2 Å². The number of benzene rings is 2. The number of hydrogen-bond acceptors (Lipinski definition) is 5. The van der Waals surface area contributed by atoms with E-state index in [1.165, 1.54) is 33.8 Å². The maximum Gasteiger partial charge on any atom is 0.257 e. The fourth-order valence-electron chi connectivity index (χ4n) is 3.17. The number of carbonyl (C=O) groups is 1. The van der Waals surface area contributed by atoms with E-state index in [4.69, 9.17) is 0 Å². The summed E-state index contributed by atoms with van der Waals surface area (Å²) in [5.41, 5.74) is 0.782. The lowest BCUT2D eigenvalue weighted by molar-refractivity contribution is 0.102. The first-order valence-corrected chi connectivity index (χ1v) is 11.2. The molecule has 2 aromatic carbocycles. The number of fused-ring (bicyclic) bond motifs is 1. The van der Waals surface area contributed by atoms with E-state index in [0.29, 0.717) is 28.4 Å². The lowest BCUT2D eigenvalue weighted by Crippen LogP contribution is -2.35. The first kappa shape index (κ1) is 19.0. The molecule has 1 fully saturated rings. The van der Waals surface area contributed by atoms with Crippen LogP contribution in [0.2, 0.25) is 0 Å². The van der Waals surface area contributed by atoms with Gasteiger partial charge in [-0.1, -0.05) is 23.8 Å². The molecule has 2 heterocycles. The number of sulfonamides is 1. The number of anilines is 1. The number of thiazole rings is 1. The van der Waals surface area contributed by atoms with E-state index >= 15 is 0 Å². The summed E-state index contributed by atoms with van der Waals surface area (Å²) in [6, 6.07) is 10.2. The summed E-state index contributed by atoms with van der Waals surface area (Å²) in [6.45, 7) is 1.08. The number of aromatic nitrogens is 1. The number of piperidine rings is 1. The highest BCUT2D eigenvalue weighted by Gasteiger charge is 2.26. The molecule has 3 aromatic rings. The molecule has 1 saturated heterocycles. The van der Waals surface area contributed by atoms with Crippen LogP contribution in [0.5, 0.6) is 0 Å². The van der Waals surface area contributed by atoms with Gasteiger partial charge in [-0.25, -0.2) is 17.8 Å². The molecule has 0 saturated carbocycles. The van der Waals surface area contributed by atoms with Gasteiger partial charge in [-0.15, -0.1) is 0 Å². The van der Waals surface area contributed by atoms with Gasteiger partial charge in [-0.2, -0.15) is 4.31 Å². The Labute approximate surface area is 166 Å². The van der Waals surface area contributed by atoms with E-state index in [0.717, 1.165) is 25.3 Å². The Hall–Kier alpha value is -2.36. The monoisotopic (exact) mass is 419 g/mol. The molecule has 0 radical (unpaired) electrons. The van der Waals surface area contributed by atoms with Crippen LogP contribution in [0, 0.1) is 5.82 Å². The Kier molecular flexibility index (Phi) is 5.13. The zero-order valence-corrected chi connectivity index (χ0v) is 16.5. The van der Waals surface area contributed by atoms with Crippen molar-refractivity contribution in [3.05, 3.63) is 53.8 Å². The highest BCUT2D eigenvalue weighted by atomic mass is 32.2. The zero-order chi connectivity index (χ0) is 19.7. The van der Waals surface area contributed by atoms with Crippen LogP contribution in [0.4, 0.5) is 9.52 Å². The van der Waals surface area contributed by atoms with Gasteiger partial charge in [0.2, 0.25) is 10.0 Å². The number of rotatable bonds is 4. The predicted octanol–water partition coefficient (Wildman–Crippen LogP) is 3.86. The molecule has 0 atom stereocenters. The van der Waals surface area contributed by atoms with Crippen LogP contribution in [0.3, 0.4) is 0 Å². The smallest absolute Gasteiger partial charge is 0.257 e. The van der Waals surface area contributed by atoms with Gasteiger partial charge >= 0.3 is 0 Å². The molecular weight excluding hydrogens is 401 g/mol. The molecule has 146 valence electrons. The fourth-order valence-corrected chi connectivity index (χ4v) is 5.69. The molecule has 6 nitrogen and oxygen atoms in total. The topological polar surface area (TPSA) is 79.4 Å². The predicted molar refractivity (Wildman–Crippen MR) is 107 cm³/mol. The Morgan fingerprint density at radius 3 is 2.64 bits per heavy atom. The SMILES string of the molecule is O=C(Nc1nc2ccc(S(=O)(=O)N3CCCCC3)cc2s1)c1cccc(F)c1. The number of halogens is 1. The molecule has 28 heavy (non-hydrogen) atoms. The molecule has 0 aliphatic carbocycles. The van der Waals surface area contributed by atoms with E-state index in [-0.39, 0.29) is 10.5 Å². The average Bonchev–Trinajstić information content (AvgIpc) is 3.10. The van der Waals surface area contributed by atoms with E-state index in [9.17, 15) is 17.6 Å². The van der Waals surface area contributed by atoms with Gasteiger partial charge in [0.25, 0.3) is 5.91 Å². The minimum absolute atomic E-state index is 0.188. The van der Waals surface area contributed by atoms with Crippen molar-refractivity contribution in [1.82, 2.24) is 9.29 Å². The molecule has 0 unspecified atom stereocenters. The summed E-state index contributed by atoms with van der Waals surface area (Å²) < 4.78 is 41.1. The van der Waals surface area contributed by atoms with Gasteiger partial charge < -0.3 is 0 Å². The number of nitrogens with zero attached hydrogens (tertiary/aromatic N) is 2. The third kappa shape index (κ3) is 3.78. The molecule has 1 aromatic heterocycles. The van der Waals surface area contributed by atoms with Gasteiger partial charge in [-0.3, -0.25) is 10.1 Å². The first-order valence-electron chi connectivity index (χ1n) is 8.91. The molecule has 1 amide bonds. The molecule has 1 N–H and O–H groups in total. The number of hydrogen-bond donors (Lipinski definition) is 1. The van der Waals surface area contributed by atoms with Gasteiger partial charge in [0.1, 0.15) is 5.82 Å². The lowest BCUT2D eigenvalue weighted by atomic mass is 10.2. The van der Waals surface area contributed by atoms with Crippen LogP contribution in [0.1, 0.15) is 29.6 Å². The van der Waals surface area contributed by atoms with E-state index in [1.54, 1.807) is 18.2 Å². The van der Waals surface area contributed by atoms with E-state index in [2.05, 4.69) is 10.3 Å². The fraction of sp³-hybridized carbons (Fsp3) is 0.263. The quantitative estimate of drug-likeness (QED) is 0.696. The second-order valence-corrected chi connectivity index (χ2v) is 9.55. The number of nitrogens with one attached hydrogen (secondary N) is 1. The van der Waals surface area contributed by atoms with Crippen LogP contribution in [-0.2, 0) is 10.0 Å². The Morgan fingerprint density at radius 1 is 1.11 bits per heavy atom. The van der Waals surface area contributed by atoms with Crippen LogP contribution >= 0.6 is 11.3 Å². The summed E-state index contributed by atoms with van der Waals surface area (Å²) in [6.07, 6.45) is 2.80. The minimum atomic E-state index is -3.53. The van der Waals surface area contributed by atoms with Crippen molar-refractivity contribution in [3.63, 3.8) is 0 Å². The molecule has 1 aliphatic rings. The second-order valence-electron chi connectivity index (χ2n) is 6.58. The minimum Gasteiger partial charge on any atom is -0.298 e. The summed E-state index contributed by atoms with van der Waals surface area (Å²) in [4.78, 5) is 16.8. The van der Waals surface area contributed by atoms with Crippen molar-refractivity contribution in [2.24, 2.45) is 0 Å². The standard InChI is InChI=1S/C19H18FN3O3S2/c20-14-6-4-5-13(11-14)18(24)22-19-21-16-8-7-15(12-17(16)27-19)28(25,26)23-9-2-1-3-10-23/h4-8,11-12H,1-3,9-10H2,(H,21,22,24). The summed E-state index contributed by atoms with van der Waals surface area (Å²) in [5.74, 6) is -0.968. The van der Waals surface area contributed by atoms with Crippen LogP contribution in [0.15, 0.2) is 47.4 Å². The first-order chi connectivity index (χ1) is 13.4. The highest BCUT2D eigenvalue weighted by Crippen LogP contribution is 2.30. The summed E-state index contributed by atoms with van der Waals surface area (Å²) >= 11 is 1.18. The molecule has 1 aliphatic heterocycles. The van der Waals surface area contributed by atoms with E-state index < -0.39 is 21.7 Å². The van der Waals surface area contributed by atoms with Gasteiger partial charge in [0.05, 0.1) is 15.1 Å². The van der Waals surface area contributed by atoms with Crippen molar-refractivity contribution in [3.8, 4) is 0 Å². The second kappa shape index (κ2) is 7.57. The molecule has 4 rings (SSSR count). The molecule has 9 heteroatoms. The number of carbonyl (C=O) groups excluding carboxylic acids is 1. The maximum atomic E-state index is 13.3. The molecular formula is C19H18FN3O3S2. The molecule has 0 spiro atoms. The van der Waals surface area contributed by atoms with E-state index in [1.807, 2.05) is 0 Å². The highest BCUT2D eigenvalue weighted by molar-refractivity contribution is 7.89. The van der Waals surface area contributed by atoms with Crippen LogP contribution in [0.25, 0.3) is 10.2 Å². The zero-order valence-electron chi connectivity index (χ0n) is 14.9. The maximum absolute atomic E-state index is 13.3. The van der Waals surface area contributed by atoms with Crippen molar-refractivity contribution in [2.45, 2.75) is 24.2 Å². The van der Waals surface area contributed by atoms with Crippen molar-refractivity contribution < 1.29 is 17.6 Å². The normalized spacial score (nSPS) is 15.6. The van der Waals surface area contributed by atoms with Gasteiger partial charge in [0.15, 0.2) is 5.13 Å². The summed E-state index contributed by atoms with van der Waals surface area (Å²) in [5, 5.41) is 2.97. The largest absolute Gasteiger partial charge is 0.298 e. The number of amides is 1. The Balaban J connectivity index is 1.59. The Morgan fingerprint density at radius 2 is 1.89 bits per heavy atom. The Bertz CT molecular complexity index is 1140. The molecule has 0 bridgehead atoms. The van der Waals surface area contributed by atoms with Crippen LogP contribution in [-0.4, -0.2) is 36.7 Å². The van der Waals surface area contributed by atoms with Crippen LogP contribution < -0.4 is 5.32 Å². The summed E-state index contributed by atoms with van der Waals surface area (Å²) in [7, 11) is -3.53. The van der Waals surface area contributed by atoms with Gasteiger partial charge in [0, 0.05) is 18.7 Å². The third-order valence-electron chi connectivity index (χ3n) is 4.62. The average molecular weight is 420 g/mol. The van der Waals surface area contributed by atoms with Crippen molar-refractivity contribution in [1.29, 1.82) is 0 Å².